The van der Waals surface area contributed by atoms with Crippen molar-refractivity contribution in [2.45, 2.75) is 6.92 Å². The lowest BCUT2D eigenvalue weighted by Crippen LogP contribution is -2.29. The number of hydrogen-bond donors (Lipinski definition) is 3. The molecule has 2 aromatic heterocycles. The standard InChI is InChI=1S/C19H20N6O/c1-14-6-2-3-7-15(14)19(26)22-13-12-21-17-9-10-18(25-24-17)23-16-8-4-5-11-20-16/h2-11H,12-13H2,1H3,(H,21,24)(H,22,26)(H,20,23,25). The zero-order valence-electron chi connectivity index (χ0n) is 14.4. The first-order valence-corrected chi connectivity index (χ1v) is 8.32. The monoisotopic (exact) mass is 348 g/mol. The van der Waals surface area contributed by atoms with E-state index in [-0.39, 0.29) is 5.91 Å². The van der Waals surface area contributed by atoms with E-state index < -0.39 is 0 Å². The minimum Gasteiger partial charge on any atom is -0.367 e. The van der Waals surface area contributed by atoms with Crippen molar-refractivity contribution in [2.75, 3.05) is 23.7 Å². The zero-order chi connectivity index (χ0) is 18.2. The molecular weight excluding hydrogens is 328 g/mol. The van der Waals surface area contributed by atoms with Crippen molar-refractivity contribution in [1.82, 2.24) is 20.5 Å². The first-order valence-electron chi connectivity index (χ1n) is 8.32. The summed E-state index contributed by atoms with van der Waals surface area (Å²) in [6.07, 6.45) is 1.71. The van der Waals surface area contributed by atoms with E-state index in [1.54, 1.807) is 6.20 Å². The van der Waals surface area contributed by atoms with E-state index in [1.807, 2.05) is 61.5 Å². The van der Waals surface area contributed by atoms with E-state index in [0.29, 0.717) is 36.1 Å². The Bertz CT molecular complexity index is 851. The van der Waals surface area contributed by atoms with E-state index in [0.717, 1.165) is 5.56 Å². The molecule has 3 rings (SSSR count). The fourth-order valence-corrected chi connectivity index (χ4v) is 2.35. The minimum absolute atomic E-state index is 0.0779. The highest BCUT2D eigenvalue weighted by Crippen LogP contribution is 2.11. The molecule has 3 aromatic rings. The summed E-state index contributed by atoms with van der Waals surface area (Å²) in [6.45, 7) is 2.96. The summed E-state index contributed by atoms with van der Waals surface area (Å²) < 4.78 is 0. The molecule has 2 heterocycles. The Morgan fingerprint density at radius 1 is 0.885 bits per heavy atom. The van der Waals surface area contributed by atoms with Gasteiger partial charge in [-0.25, -0.2) is 4.98 Å². The molecule has 0 saturated heterocycles. The Hall–Kier alpha value is -3.48. The van der Waals surface area contributed by atoms with Gasteiger partial charge in [0.25, 0.3) is 5.91 Å². The van der Waals surface area contributed by atoms with Crippen LogP contribution in [0.25, 0.3) is 0 Å². The van der Waals surface area contributed by atoms with Crippen LogP contribution in [0.2, 0.25) is 0 Å². The molecule has 0 bridgehead atoms. The van der Waals surface area contributed by atoms with Gasteiger partial charge in [0.1, 0.15) is 11.6 Å². The van der Waals surface area contributed by atoms with Gasteiger partial charge in [-0.15, -0.1) is 10.2 Å². The Morgan fingerprint density at radius 2 is 1.65 bits per heavy atom. The molecule has 0 spiro atoms. The Balaban J connectivity index is 1.44. The normalized spacial score (nSPS) is 10.2. The number of hydrogen-bond acceptors (Lipinski definition) is 6. The van der Waals surface area contributed by atoms with E-state index in [2.05, 4.69) is 31.1 Å². The average molecular weight is 348 g/mol. The smallest absolute Gasteiger partial charge is 0.251 e. The van der Waals surface area contributed by atoms with Crippen LogP contribution in [0.15, 0.2) is 60.8 Å². The van der Waals surface area contributed by atoms with Gasteiger partial charge in [0.15, 0.2) is 5.82 Å². The average Bonchev–Trinajstić information content (AvgIpc) is 2.67. The van der Waals surface area contributed by atoms with Gasteiger partial charge in [-0.05, 0) is 42.8 Å². The molecule has 0 fully saturated rings. The lowest BCUT2D eigenvalue weighted by atomic mass is 10.1. The predicted octanol–water partition coefficient (Wildman–Crippen LogP) is 2.77. The molecule has 0 saturated carbocycles. The number of rotatable bonds is 7. The largest absolute Gasteiger partial charge is 0.367 e. The van der Waals surface area contributed by atoms with Crippen molar-refractivity contribution < 1.29 is 4.79 Å². The van der Waals surface area contributed by atoms with E-state index in [9.17, 15) is 4.79 Å². The highest BCUT2D eigenvalue weighted by molar-refractivity contribution is 5.95. The van der Waals surface area contributed by atoms with Gasteiger partial charge in [-0.1, -0.05) is 24.3 Å². The summed E-state index contributed by atoms with van der Waals surface area (Å²) in [7, 11) is 0. The van der Waals surface area contributed by atoms with Crippen LogP contribution < -0.4 is 16.0 Å². The van der Waals surface area contributed by atoms with Crippen LogP contribution >= 0.6 is 0 Å². The van der Waals surface area contributed by atoms with Gasteiger partial charge in [0, 0.05) is 24.8 Å². The van der Waals surface area contributed by atoms with Crippen LogP contribution in [0, 0.1) is 6.92 Å². The van der Waals surface area contributed by atoms with Crippen LogP contribution in [-0.2, 0) is 0 Å². The van der Waals surface area contributed by atoms with Crippen LogP contribution in [-0.4, -0.2) is 34.2 Å². The van der Waals surface area contributed by atoms with Crippen molar-refractivity contribution in [1.29, 1.82) is 0 Å². The predicted molar refractivity (Wildman–Crippen MR) is 102 cm³/mol. The number of anilines is 3. The fourth-order valence-electron chi connectivity index (χ4n) is 2.35. The number of aryl methyl sites for hydroxylation is 1. The highest BCUT2D eigenvalue weighted by Gasteiger charge is 2.06. The maximum absolute atomic E-state index is 12.1. The lowest BCUT2D eigenvalue weighted by molar-refractivity contribution is 0.0954. The maximum atomic E-state index is 12.1. The Morgan fingerprint density at radius 3 is 2.38 bits per heavy atom. The third kappa shape index (κ3) is 4.76. The quantitative estimate of drug-likeness (QED) is 0.569. The molecule has 26 heavy (non-hydrogen) atoms. The summed E-state index contributed by atoms with van der Waals surface area (Å²) >= 11 is 0. The van der Waals surface area contributed by atoms with Crippen molar-refractivity contribution >= 4 is 23.4 Å². The number of carbonyl (C=O) groups excluding carboxylic acids is 1. The lowest BCUT2D eigenvalue weighted by Gasteiger charge is -2.09. The van der Waals surface area contributed by atoms with Gasteiger partial charge >= 0.3 is 0 Å². The van der Waals surface area contributed by atoms with Crippen LogP contribution in [0.5, 0.6) is 0 Å². The van der Waals surface area contributed by atoms with Gasteiger partial charge < -0.3 is 16.0 Å². The summed E-state index contributed by atoms with van der Waals surface area (Å²) in [5.41, 5.74) is 1.65. The molecule has 0 aliphatic heterocycles. The summed E-state index contributed by atoms with van der Waals surface area (Å²) in [5.74, 6) is 1.89. The van der Waals surface area contributed by atoms with Crippen molar-refractivity contribution in [3.8, 4) is 0 Å². The molecule has 0 radical (unpaired) electrons. The number of benzene rings is 1. The van der Waals surface area contributed by atoms with Crippen molar-refractivity contribution in [3.05, 3.63) is 71.9 Å². The highest BCUT2D eigenvalue weighted by atomic mass is 16.1. The zero-order valence-corrected chi connectivity index (χ0v) is 14.4. The number of pyridine rings is 1. The summed E-state index contributed by atoms with van der Waals surface area (Å²) in [4.78, 5) is 16.3. The number of amides is 1. The molecule has 0 atom stereocenters. The first kappa shape index (κ1) is 17.3. The third-order valence-corrected chi connectivity index (χ3v) is 3.69. The van der Waals surface area contributed by atoms with E-state index >= 15 is 0 Å². The van der Waals surface area contributed by atoms with Crippen LogP contribution in [0.1, 0.15) is 15.9 Å². The topological polar surface area (TPSA) is 91.8 Å². The third-order valence-electron chi connectivity index (χ3n) is 3.69. The number of aromatic nitrogens is 3. The van der Waals surface area contributed by atoms with Gasteiger partial charge in [0.05, 0.1) is 0 Å². The molecule has 7 nitrogen and oxygen atoms in total. The molecule has 1 amide bonds. The number of carbonyl (C=O) groups is 1. The number of nitrogens with zero attached hydrogens (tertiary/aromatic N) is 3. The van der Waals surface area contributed by atoms with Crippen molar-refractivity contribution in [3.63, 3.8) is 0 Å². The second-order valence-corrected chi connectivity index (χ2v) is 5.64. The molecule has 3 N–H and O–H groups in total. The molecule has 0 unspecified atom stereocenters. The van der Waals surface area contributed by atoms with Crippen LogP contribution in [0.4, 0.5) is 17.5 Å². The fraction of sp³-hybridized carbons (Fsp3) is 0.158. The minimum atomic E-state index is -0.0779. The maximum Gasteiger partial charge on any atom is 0.251 e. The Kier molecular flexibility index (Phi) is 5.72. The SMILES string of the molecule is Cc1ccccc1C(=O)NCCNc1ccc(Nc2ccccn2)nn1. The molecule has 7 heteroatoms. The molecule has 0 aliphatic carbocycles. The Labute approximate surface area is 151 Å². The second-order valence-electron chi connectivity index (χ2n) is 5.64. The summed E-state index contributed by atoms with van der Waals surface area (Å²) in [5, 5.41) is 17.3. The van der Waals surface area contributed by atoms with Gasteiger partial charge in [-0.3, -0.25) is 4.79 Å². The van der Waals surface area contributed by atoms with Gasteiger partial charge in [-0.2, -0.15) is 0 Å². The molecule has 132 valence electrons. The van der Waals surface area contributed by atoms with Crippen LogP contribution in [0.3, 0.4) is 0 Å². The van der Waals surface area contributed by atoms with Gasteiger partial charge in [0.2, 0.25) is 0 Å². The molecule has 0 aliphatic rings. The summed E-state index contributed by atoms with van der Waals surface area (Å²) in [6, 6.07) is 16.7. The molecular formula is C19H20N6O. The second kappa shape index (κ2) is 8.57. The van der Waals surface area contributed by atoms with Crippen molar-refractivity contribution in [2.24, 2.45) is 0 Å². The molecule has 1 aromatic carbocycles. The van der Waals surface area contributed by atoms with E-state index in [1.165, 1.54) is 0 Å². The van der Waals surface area contributed by atoms with E-state index in [4.69, 9.17) is 0 Å². The number of nitrogens with one attached hydrogen (secondary N) is 3. The first-order chi connectivity index (χ1) is 12.7.